The van der Waals surface area contributed by atoms with Crippen molar-refractivity contribution < 1.29 is 13.2 Å². The van der Waals surface area contributed by atoms with Crippen molar-refractivity contribution in [2.24, 2.45) is 0 Å². The summed E-state index contributed by atoms with van der Waals surface area (Å²) >= 11 is 9.17. The van der Waals surface area contributed by atoms with E-state index in [1.807, 2.05) is 41.8 Å². The molecule has 0 amide bonds. The Morgan fingerprint density at radius 3 is 2.48 bits per heavy atom. The number of halogens is 2. The minimum Gasteiger partial charge on any atom is -0.314 e. The van der Waals surface area contributed by atoms with Crippen molar-refractivity contribution in [3.8, 4) is 5.69 Å². The first-order chi connectivity index (χ1) is 11.7. The van der Waals surface area contributed by atoms with Crippen LogP contribution in [0.15, 0.2) is 36.4 Å². The lowest BCUT2D eigenvalue weighted by Crippen LogP contribution is -2.04. The maximum atomic E-state index is 12.2. The van der Waals surface area contributed by atoms with Crippen LogP contribution in [0.2, 0.25) is 5.02 Å². The maximum absolute atomic E-state index is 12.2. The van der Waals surface area contributed by atoms with Crippen LogP contribution < -0.4 is 0 Å². The first kappa shape index (κ1) is 19.9. The number of carbonyl (C=O) groups is 1. The van der Waals surface area contributed by atoms with E-state index in [-0.39, 0.29) is 16.9 Å². The lowest BCUT2D eigenvalue weighted by atomic mass is 10.2. The maximum Gasteiger partial charge on any atom is 0.175 e. The van der Waals surface area contributed by atoms with Crippen LogP contribution in [-0.2, 0) is 9.84 Å². The Bertz CT molecular complexity index is 899. The van der Waals surface area contributed by atoms with Crippen molar-refractivity contribution in [1.82, 2.24) is 4.57 Å². The van der Waals surface area contributed by atoms with E-state index >= 15 is 0 Å². The number of aromatic nitrogens is 1. The molecule has 4 nitrogen and oxygen atoms in total. The predicted octanol–water partition coefficient (Wildman–Crippen LogP) is 4.46. The number of benzene rings is 1. The molecular weight excluding hydrogens is 426 g/mol. The number of carbonyl (C=O) groups excluding carboxylic acids is 1. The third-order valence-electron chi connectivity index (χ3n) is 3.73. The second kappa shape index (κ2) is 8.34. The molecule has 134 valence electrons. The minimum absolute atomic E-state index is 0.00370. The van der Waals surface area contributed by atoms with Gasteiger partial charge in [-0.25, -0.2) is 8.42 Å². The third kappa shape index (κ3) is 5.30. The van der Waals surface area contributed by atoms with E-state index in [2.05, 4.69) is 15.9 Å². The van der Waals surface area contributed by atoms with Crippen LogP contribution in [0.3, 0.4) is 0 Å². The zero-order valence-electron chi connectivity index (χ0n) is 14.0. The van der Waals surface area contributed by atoms with Gasteiger partial charge in [0, 0.05) is 33.9 Å². The lowest BCUT2D eigenvalue weighted by molar-refractivity contribution is 0.102. The zero-order chi connectivity index (χ0) is 18.6. The van der Waals surface area contributed by atoms with Gasteiger partial charge >= 0.3 is 0 Å². The smallest absolute Gasteiger partial charge is 0.175 e. The first-order valence-corrected chi connectivity index (χ1v) is 11.2. The number of Topliss-reactive ketones (excluding diaryl/α,β-unsaturated/α-hetero) is 1. The van der Waals surface area contributed by atoms with Crippen molar-refractivity contribution in [3.63, 3.8) is 0 Å². The molecule has 0 saturated carbocycles. The van der Waals surface area contributed by atoms with Gasteiger partial charge in [0.25, 0.3) is 0 Å². The Morgan fingerprint density at radius 1 is 1.28 bits per heavy atom. The second-order valence-electron chi connectivity index (χ2n) is 5.76. The molecule has 0 bridgehead atoms. The molecule has 0 saturated heterocycles. The number of alkyl halides is 1. The summed E-state index contributed by atoms with van der Waals surface area (Å²) in [6.07, 6.45) is 5.29. The molecule has 0 radical (unpaired) electrons. The molecule has 2 aromatic rings. The SMILES string of the molecule is Cc1c(C(=O)CBr)cc(/C=C/CCS(C)(=O)=O)n1-c1ccc(Cl)cc1. The van der Waals surface area contributed by atoms with Crippen LogP contribution in [0.5, 0.6) is 0 Å². The summed E-state index contributed by atoms with van der Waals surface area (Å²) in [5.41, 5.74) is 3.17. The molecule has 1 heterocycles. The summed E-state index contributed by atoms with van der Waals surface area (Å²) in [7, 11) is -3.00. The first-order valence-electron chi connectivity index (χ1n) is 7.64. The molecule has 0 aliphatic rings. The standard InChI is InChI=1S/C18H19BrClNO3S/c1-13-17(18(22)12-19)11-16(5-3-4-10-25(2,23)24)21(13)15-8-6-14(20)7-9-15/h3,5-9,11H,4,10,12H2,1-2H3/b5-3+. The fraction of sp³-hybridized carbons (Fsp3) is 0.278. The van der Waals surface area contributed by atoms with E-state index in [0.717, 1.165) is 17.1 Å². The Labute approximate surface area is 161 Å². The van der Waals surface area contributed by atoms with Crippen molar-refractivity contribution in [3.05, 3.63) is 58.4 Å². The highest BCUT2D eigenvalue weighted by Crippen LogP contribution is 2.24. The zero-order valence-corrected chi connectivity index (χ0v) is 17.2. The van der Waals surface area contributed by atoms with Gasteiger partial charge in [0.1, 0.15) is 9.84 Å². The van der Waals surface area contributed by atoms with Crippen LogP contribution in [0.1, 0.15) is 28.2 Å². The molecule has 0 aliphatic carbocycles. The topological polar surface area (TPSA) is 56.1 Å². The summed E-state index contributed by atoms with van der Waals surface area (Å²) in [5.74, 6) is 0.0909. The molecule has 25 heavy (non-hydrogen) atoms. The van der Waals surface area contributed by atoms with Crippen molar-refractivity contribution >= 4 is 49.2 Å². The average molecular weight is 445 g/mol. The summed E-state index contributed by atoms with van der Waals surface area (Å²) < 4.78 is 24.5. The van der Waals surface area contributed by atoms with E-state index in [9.17, 15) is 13.2 Å². The Kier molecular flexibility index (Phi) is 6.65. The van der Waals surface area contributed by atoms with Crippen molar-refractivity contribution in [1.29, 1.82) is 0 Å². The molecule has 1 aromatic heterocycles. The van der Waals surface area contributed by atoms with Gasteiger partial charge in [0.2, 0.25) is 0 Å². The van der Waals surface area contributed by atoms with Crippen LogP contribution in [-0.4, -0.2) is 36.1 Å². The monoisotopic (exact) mass is 443 g/mol. The molecule has 0 spiro atoms. The average Bonchev–Trinajstić information content (AvgIpc) is 2.87. The Hall–Kier alpha value is -1.37. The number of nitrogens with zero attached hydrogens (tertiary/aromatic N) is 1. The quantitative estimate of drug-likeness (QED) is 0.468. The highest BCUT2D eigenvalue weighted by atomic mass is 79.9. The second-order valence-corrected chi connectivity index (χ2v) is 9.01. The molecule has 1 aromatic carbocycles. The summed E-state index contributed by atoms with van der Waals surface area (Å²) in [4.78, 5) is 12.2. The van der Waals surface area contributed by atoms with Crippen LogP contribution >= 0.6 is 27.5 Å². The highest BCUT2D eigenvalue weighted by molar-refractivity contribution is 9.09. The molecule has 7 heteroatoms. The van der Waals surface area contributed by atoms with Crippen LogP contribution in [0.25, 0.3) is 11.8 Å². The fourth-order valence-corrected chi connectivity index (χ4v) is 3.52. The number of hydrogen-bond acceptors (Lipinski definition) is 3. The van der Waals surface area contributed by atoms with Gasteiger partial charge in [-0.05, 0) is 49.8 Å². The Morgan fingerprint density at radius 2 is 1.92 bits per heavy atom. The van der Waals surface area contributed by atoms with E-state index in [0.29, 0.717) is 17.0 Å². The van der Waals surface area contributed by atoms with E-state index in [4.69, 9.17) is 11.6 Å². The summed E-state index contributed by atoms with van der Waals surface area (Å²) in [5, 5.41) is 0.881. The van der Waals surface area contributed by atoms with Gasteiger partial charge in [-0.15, -0.1) is 0 Å². The van der Waals surface area contributed by atoms with Gasteiger partial charge < -0.3 is 4.57 Å². The van der Waals surface area contributed by atoms with Crippen molar-refractivity contribution in [2.45, 2.75) is 13.3 Å². The fourth-order valence-electron chi connectivity index (χ4n) is 2.53. The van der Waals surface area contributed by atoms with Gasteiger partial charge in [-0.3, -0.25) is 4.79 Å². The van der Waals surface area contributed by atoms with Crippen molar-refractivity contribution in [2.75, 3.05) is 17.3 Å². The van der Waals surface area contributed by atoms with Gasteiger partial charge in [-0.2, -0.15) is 0 Å². The molecule has 0 atom stereocenters. The van der Waals surface area contributed by atoms with Crippen LogP contribution in [0, 0.1) is 6.92 Å². The number of hydrogen-bond donors (Lipinski definition) is 0. The highest BCUT2D eigenvalue weighted by Gasteiger charge is 2.16. The van der Waals surface area contributed by atoms with Gasteiger partial charge in [0.15, 0.2) is 5.78 Å². The molecule has 0 unspecified atom stereocenters. The van der Waals surface area contributed by atoms with E-state index in [1.165, 1.54) is 6.26 Å². The van der Waals surface area contributed by atoms with E-state index < -0.39 is 9.84 Å². The van der Waals surface area contributed by atoms with Crippen LogP contribution in [0.4, 0.5) is 0 Å². The third-order valence-corrected chi connectivity index (χ3v) is 5.46. The lowest BCUT2D eigenvalue weighted by Gasteiger charge is -2.10. The number of sulfone groups is 1. The number of ketones is 1. The summed E-state index contributed by atoms with van der Waals surface area (Å²) in [6.45, 7) is 1.89. The number of allylic oxidation sites excluding steroid dienone is 1. The predicted molar refractivity (Wildman–Crippen MR) is 107 cm³/mol. The van der Waals surface area contributed by atoms with Gasteiger partial charge in [0.05, 0.1) is 11.1 Å². The molecule has 2 rings (SSSR count). The molecule has 0 fully saturated rings. The molecule has 0 aliphatic heterocycles. The normalized spacial score (nSPS) is 12.0. The molecule has 0 N–H and O–H groups in total. The Balaban J connectivity index is 2.44. The summed E-state index contributed by atoms with van der Waals surface area (Å²) in [6, 6.07) is 9.17. The van der Waals surface area contributed by atoms with Gasteiger partial charge in [-0.1, -0.05) is 33.6 Å². The molecular formula is C18H19BrClNO3S. The van der Waals surface area contributed by atoms with E-state index in [1.54, 1.807) is 12.1 Å². The number of rotatable bonds is 7. The largest absolute Gasteiger partial charge is 0.314 e. The minimum atomic E-state index is -3.00.